The van der Waals surface area contributed by atoms with Gasteiger partial charge in [0, 0.05) is 17.0 Å². The van der Waals surface area contributed by atoms with Gasteiger partial charge >= 0.3 is 0 Å². The number of fused-ring (bicyclic) bond motifs is 1. The number of hydrogen-bond donors (Lipinski definition) is 0. The Kier molecular flexibility index (Phi) is 1.86. The summed E-state index contributed by atoms with van der Waals surface area (Å²) in [6, 6.07) is 4.19. The summed E-state index contributed by atoms with van der Waals surface area (Å²) < 4.78 is 0. The zero-order valence-corrected chi connectivity index (χ0v) is 7.40. The van der Waals surface area contributed by atoms with Crippen molar-refractivity contribution in [2.75, 3.05) is 5.75 Å². The Morgan fingerprint density at radius 2 is 2.55 bits per heavy atom. The largest absolute Gasteiger partial charge is 0.260 e. The van der Waals surface area contributed by atoms with Crippen LogP contribution in [0.1, 0.15) is 25.0 Å². The fourth-order valence-corrected chi connectivity index (χ4v) is 2.65. The van der Waals surface area contributed by atoms with Crippen molar-refractivity contribution in [3.05, 3.63) is 24.0 Å². The quantitative estimate of drug-likeness (QED) is 0.586. The van der Waals surface area contributed by atoms with Gasteiger partial charge in [-0.1, -0.05) is 6.92 Å². The SMILES string of the molecule is C[C@@H]1CCSc2cccnc21. The second-order valence-electron chi connectivity index (χ2n) is 2.92. The predicted octanol–water partition coefficient (Wildman–Crippen LogP) is 2.68. The van der Waals surface area contributed by atoms with Crippen molar-refractivity contribution in [2.45, 2.75) is 24.2 Å². The van der Waals surface area contributed by atoms with Crippen LogP contribution in [0, 0.1) is 0 Å². The highest BCUT2D eigenvalue weighted by atomic mass is 32.2. The van der Waals surface area contributed by atoms with E-state index in [4.69, 9.17) is 0 Å². The number of nitrogens with zero attached hydrogens (tertiary/aromatic N) is 1. The van der Waals surface area contributed by atoms with Crippen LogP contribution in [0.4, 0.5) is 0 Å². The maximum atomic E-state index is 4.38. The molecule has 0 radical (unpaired) electrons. The Morgan fingerprint density at radius 1 is 1.64 bits per heavy atom. The molecule has 2 rings (SSSR count). The lowest BCUT2D eigenvalue weighted by Crippen LogP contribution is -2.05. The Bertz CT molecular complexity index is 259. The van der Waals surface area contributed by atoms with Crippen molar-refractivity contribution < 1.29 is 0 Å². The van der Waals surface area contributed by atoms with Crippen molar-refractivity contribution in [1.82, 2.24) is 4.98 Å². The number of aromatic nitrogens is 1. The standard InChI is InChI=1S/C9H11NS/c1-7-4-6-11-8-3-2-5-10-9(7)8/h2-3,5,7H,4,6H2,1H3/t7-/m1/s1. The highest BCUT2D eigenvalue weighted by Gasteiger charge is 2.16. The van der Waals surface area contributed by atoms with Gasteiger partial charge in [-0.05, 0) is 24.3 Å². The molecule has 11 heavy (non-hydrogen) atoms. The Morgan fingerprint density at radius 3 is 3.36 bits per heavy atom. The highest BCUT2D eigenvalue weighted by Crippen LogP contribution is 2.34. The van der Waals surface area contributed by atoms with Crippen molar-refractivity contribution in [1.29, 1.82) is 0 Å². The van der Waals surface area contributed by atoms with Gasteiger partial charge in [-0.25, -0.2) is 0 Å². The molecule has 0 amide bonds. The number of hydrogen-bond acceptors (Lipinski definition) is 2. The normalized spacial score (nSPS) is 22.8. The second kappa shape index (κ2) is 2.86. The first-order valence-corrected chi connectivity index (χ1v) is 4.94. The summed E-state index contributed by atoms with van der Waals surface area (Å²) in [5.41, 5.74) is 1.30. The van der Waals surface area contributed by atoms with Gasteiger partial charge in [0.1, 0.15) is 0 Å². The molecule has 1 nitrogen and oxygen atoms in total. The molecule has 0 N–H and O–H groups in total. The molecule has 2 heterocycles. The van der Waals surface area contributed by atoms with Crippen LogP contribution in [0.3, 0.4) is 0 Å². The van der Waals surface area contributed by atoms with E-state index in [9.17, 15) is 0 Å². The van der Waals surface area contributed by atoms with Gasteiger partial charge in [-0.15, -0.1) is 11.8 Å². The van der Waals surface area contributed by atoms with Gasteiger partial charge in [-0.2, -0.15) is 0 Å². The summed E-state index contributed by atoms with van der Waals surface area (Å²) in [7, 11) is 0. The molecule has 1 aromatic heterocycles. The molecule has 1 aromatic rings. The topological polar surface area (TPSA) is 12.9 Å². The van der Waals surface area contributed by atoms with E-state index in [0.29, 0.717) is 5.92 Å². The Balaban J connectivity index is 2.44. The zero-order chi connectivity index (χ0) is 7.68. The Labute approximate surface area is 71.2 Å². The van der Waals surface area contributed by atoms with E-state index in [0.717, 1.165) is 0 Å². The molecule has 0 saturated heterocycles. The van der Waals surface area contributed by atoms with E-state index in [1.807, 2.05) is 24.0 Å². The van der Waals surface area contributed by atoms with Crippen LogP contribution >= 0.6 is 11.8 Å². The van der Waals surface area contributed by atoms with E-state index < -0.39 is 0 Å². The van der Waals surface area contributed by atoms with Gasteiger partial charge in [0.15, 0.2) is 0 Å². The van der Waals surface area contributed by atoms with Gasteiger partial charge in [-0.3, -0.25) is 4.98 Å². The molecule has 1 aliphatic rings. The molecule has 58 valence electrons. The van der Waals surface area contributed by atoms with Crippen LogP contribution in [0.15, 0.2) is 23.2 Å². The van der Waals surface area contributed by atoms with Crippen molar-refractivity contribution in [3.63, 3.8) is 0 Å². The van der Waals surface area contributed by atoms with E-state index in [1.165, 1.54) is 22.8 Å². The fourth-order valence-electron chi connectivity index (χ4n) is 1.38. The number of thioether (sulfide) groups is 1. The van der Waals surface area contributed by atoms with Crippen LogP contribution < -0.4 is 0 Å². The lowest BCUT2D eigenvalue weighted by Gasteiger charge is -2.19. The predicted molar refractivity (Wildman–Crippen MR) is 48.0 cm³/mol. The zero-order valence-electron chi connectivity index (χ0n) is 6.58. The highest BCUT2D eigenvalue weighted by molar-refractivity contribution is 7.99. The molecule has 0 aromatic carbocycles. The maximum absolute atomic E-state index is 4.38. The molecular weight excluding hydrogens is 154 g/mol. The van der Waals surface area contributed by atoms with Crippen LogP contribution in [-0.4, -0.2) is 10.7 Å². The fraction of sp³-hybridized carbons (Fsp3) is 0.444. The molecule has 0 aliphatic carbocycles. The average molecular weight is 165 g/mol. The molecule has 2 heteroatoms. The third-order valence-corrected chi connectivity index (χ3v) is 3.17. The van der Waals surface area contributed by atoms with E-state index in [1.54, 1.807) is 0 Å². The lowest BCUT2D eigenvalue weighted by molar-refractivity contribution is 0.684. The number of pyridine rings is 1. The third-order valence-electron chi connectivity index (χ3n) is 2.07. The Hall–Kier alpha value is -0.500. The van der Waals surface area contributed by atoms with Gasteiger partial charge in [0.05, 0.1) is 5.69 Å². The summed E-state index contributed by atoms with van der Waals surface area (Å²) in [4.78, 5) is 5.76. The van der Waals surface area contributed by atoms with Crippen LogP contribution in [0.25, 0.3) is 0 Å². The first-order chi connectivity index (χ1) is 5.38. The van der Waals surface area contributed by atoms with Crippen molar-refractivity contribution in [3.8, 4) is 0 Å². The molecular formula is C9H11NS. The minimum atomic E-state index is 0.660. The maximum Gasteiger partial charge on any atom is 0.0567 e. The summed E-state index contributed by atoms with van der Waals surface area (Å²) in [5.74, 6) is 1.91. The van der Waals surface area contributed by atoms with Crippen LogP contribution in [-0.2, 0) is 0 Å². The minimum absolute atomic E-state index is 0.660. The molecule has 1 atom stereocenters. The molecule has 0 fully saturated rings. The van der Waals surface area contributed by atoms with Gasteiger partial charge in [0.2, 0.25) is 0 Å². The lowest BCUT2D eigenvalue weighted by atomic mass is 10.0. The first-order valence-electron chi connectivity index (χ1n) is 3.95. The van der Waals surface area contributed by atoms with Gasteiger partial charge < -0.3 is 0 Å². The second-order valence-corrected chi connectivity index (χ2v) is 4.06. The smallest absolute Gasteiger partial charge is 0.0567 e. The third kappa shape index (κ3) is 1.27. The van der Waals surface area contributed by atoms with Crippen molar-refractivity contribution >= 4 is 11.8 Å². The minimum Gasteiger partial charge on any atom is -0.260 e. The summed E-state index contributed by atoms with van der Waals surface area (Å²) in [6.07, 6.45) is 3.16. The summed E-state index contributed by atoms with van der Waals surface area (Å²) >= 11 is 1.93. The van der Waals surface area contributed by atoms with E-state index >= 15 is 0 Å². The molecule has 1 aliphatic heterocycles. The molecule has 0 spiro atoms. The van der Waals surface area contributed by atoms with E-state index in [2.05, 4.69) is 18.0 Å². The molecule has 0 unspecified atom stereocenters. The van der Waals surface area contributed by atoms with Crippen molar-refractivity contribution in [2.24, 2.45) is 0 Å². The summed E-state index contributed by atoms with van der Waals surface area (Å²) in [6.45, 7) is 2.26. The van der Waals surface area contributed by atoms with E-state index in [-0.39, 0.29) is 0 Å². The summed E-state index contributed by atoms with van der Waals surface area (Å²) in [5, 5.41) is 0. The molecule has 0 saturated carbocycles. The first kappa shape index (κ1) is 7.17. The number of rotatable bonds is 0. The van der Waals surface area contributed by atoms with Crippen LogP contribution in [0.5, 0.6) is 0 Å². The average Bonchev–Trinajstić information content (AvgIpc) is 2.06. The monoisotopic (exact) mass is 165 g/mol. The molecule has 0 bridgehead atoms. The van der Waals surface area contributed by atoms with Crippen LogP contribution in [0.2, 0.25) is 0 Å². The van der Waals surface area contributed by atoms with Gasteiger partial charge in [0.25, 0.3) is 0 Å².